The third-order valence-electron chi connectivity index (χ3n) is 7.83. The Morgan fingerprint density at radius 2 is 1.92 bits per heavy atom. The third-order valence-corrected chi connectivity index (χ3v) is 8.04. The van der Waals surface area contributed by atoms with E-state index in [4.69, 9.17) is 16.7 Å². The number of fused-ring (bicyclic) bond motifs is 3. The second-order valence-electron chi connectivity index (χ2n) is 10.8. The first-order valence-corrected chi connectivity index (χ1v) is 13.7. The Morgan fingerprint density at radius 1 is 1.10 bits per heavy atom. The highest BCUT2D eigenvalue weighted by molar-refractivity contribution is 6.29. The molecule has 0 spiro atoms. The van der Waals surface area contributed by atoms with Crippen LogP contribution in [0.3, 0.4) is 0 Å². The molecule has 1 fully saturated rings. The van der Waals surface area contributed by atoms with Gasteiger partial charge in [0.2, 0.25) is 0 Å². The van der Waals surface area contributed by atoms with Crippen LogP contribution >= 0.6 is 11.6 Å². The van der Waals surface area contributed by atoms with Gasteiger partial charge in [0.15, 0.2) is 0 Å². The van der Waals surface area contributed by atoms with Crippen LogP contribution in [-0.4, -0.2) is 54.1 Å². The number of aryl methyl sites for hydroxylation is 3. The lowest BCUT2D eigenvalue weighted by Gasteiger charge is -2.30. The second kappa shape index (κ2) is 9.81. The van der Waals surface area contributed by atoms with Crippen LogP contribution in [0.1, 0.15) is 43.0 Å². The van der Waals surface area contributed by atoms with Gasteiger partial charge in [-0.1, -0.05) is 17.7 Å². The third kappa shape index (κ3) is 4.49. The molecular weight excluding hydrogens is 512 g/mol. The van der Waals surface area contributed by atoms with Crippen LogP contribution in [0.25, 0.3) is 33.1 Å². The number of rotatable bonds is 5. The summed E-state index contributed by atoms with van der Waals surface area (Å²) in [7, 11) is 5.88. The molecule has 0 saturated carbocycles. The van der Waals surface area contributed by atoms with E-state index in [0.717, 1.165) is 70.4 Å². The van der Waals surface area contributed by atoms with E-state index in [2.05, 4.69) is 45.0 Å². The standard InChI is InChI=1S/C29H33ClN8O/c1-17-11-21(18(2)33-24-8-9-25(30)34-27(24)19-13-31-36(4)15-19)26-22(12-17)29(39)37(5)28-23(26)14-32-38(28)20-7-6-10-35(3)16-20/h8-9,11-15,18,20,33H,6-7,10,16H2,1-5H3. The largest absolute Gasteiger partial charge is 0.377 e. The number of hydrogen-bond donors (Lipinski definition) is 1. The molecule has 5 aromatic rings. The van der Waals surface area contributed by atoms with Crippen LogP contribution in [0, 0.1) is 6.92 Å². The Kier molecular flexibility index (Phi) is 6.43. The SMILES string of the molecule is Cc1cc(C(C)Nc2ccc(Cl)nc2-c2cnn(C)c2)c2c(c1)c(=O)n(C)c1c2cnn1C1CCCN(C)C1. The minimum absolute atomic E-state index is 0.00947. The van der Waals surface area contributed by atoms with Crippen molar-refractivity contribution in [1.29, 1.82) is 0 Å². The molecule has 1 N–H and O–H groups in total. The Labute approximate surface area is 232 Å². The summed E-state index contributed by atoms with van der Waals surface area (Å²) in [6.45, 7) is 6.15. The quantitative estimate of drug-likeness (QED) is 0.310. The summed E-state index contributed by atoms with van der Waals surface area (Å²) in [6.07, 6.45) is 7.79. The highest BCUT2D eigenvalue weighted by Gasteiger charge is 2.25. The topological polar surface area (TPSA) is 85.8 Å². The summed E-state index contributed by atoms with van der Waals surface area (Å²) in [4.78, 5) is 20.7. The molecule has 1 saturated heterocycles. The van der Waals surface area contributed by atoms with Crippen molar-refractivity contribution in [3.63, 3.8) is 0 Å². The van der Waals surface area contributed by atoms with Gasteiger partial charge in [-0.25, -0.2) is 9.67 Å². The summed E-state index contributed by atoms with van der Waals surface area (Å²) in [6, 6.07) is 7.98. The maximum absolute atomic E-state index is 13.8. The minimum atomic E-state index is -0.134. The van der Waals surface area contributed by atoms with E-state index in [1.165, 1.54) is 0 Å². The Hall–Kier alpha value is -3.69. The van der Waals surface area contributed by atoms with Gasteiger partial charge in [0.1, 0.15) is 10.8 Å². The van der Waals surface area contributed by atoms with E-state index in [0.29, 0.717) is 10.5 Å². The molecule has 5 heterocycles. The number of aromatic nitrogens is 6. The van der Waals surface area contributed by atoms with Gasteiger partial charge < -0.3 is 10.2 Å². The first-order chi connectivity index (χ1) is 18.7. The number of likely N-dealkylation sites (tertiary alicyclic amines) is 1. The Bertz CT molecular complexity index is 1770. The number of anilines is 1. The molecule has 4 aromatic heterocycles. The smallest absolute Gasteiger partial charge is 0.259 e. The number of likely N-dealkylation sites (N-methyl/N-ethyl adjacent to an activating group) is 1. The number of hydrogen-bond acceptors (Lipinski definition) is 6. The molecule has 0 radical (unpaired) electrons. The lowest BCUT2D eigenvalue weighted by molar-refractivity contribution is 0.205. The molecule has 2 atom stereocenters. The summed E-state index contributed by atoms with van der Waals surface area (Å²) in [5, 5.41) is 15.9. The predicted octanol–water partition coefficient (Wildman–Crippen LogP) is 5.09. The molecule has 1 aromatic carbocycles. The second-order valence-corrected chi connectivity index (χ2v) is 11.2. The van der Waals surface area contributed by atoms with E-state index in [9.17, 15) is 4.79 Å². The molecule has 0 amide bonds. The molecule has 0 aliphatic carbocycles. The summed E-state index contributed by atoms with van der Waals surface area (Å²) < 4.78 is 5.58. The van der Waals surface area contributed by atoms with E-state index < -0.39 is 0 Å². The highest BCUT2D eigenvalue weighted by atomic mass is 35.5. The maximum Gasteiger partial charge on any atom is 0.259 e. The van der Waals surface area contributed by atoms with E-state index in [1.807, 2.05) is 45.5 Å². The summed E-state index contributed by atoms with van der Waals surface area (Å²) in [5.41, 5.74) is 5.38. The van der Waals surface area contributed by atoms with Gasteiger partial charge in [0.05, 0.1) is 29.8 Å². The average Bonchev–Trinajstić information content (AvgIpc) is 3.54. The molecule has 39 heavy (non-hydrogen) atoms. The van der Waals surface area contributed by atoms with Gasteiger partial charge in [-0.3, -0.25) is 14.0 Å². The lowest BCUT2D eigenvalue weighted by atomic mass is 9.95. The molecule has 9 nitrogen and oxygen atoms in total. The van der Waals surface area contributed by atoms with Crippen molar-refractivity contribution < 1.29 is 0 Å². The summed E-state index contributed by atoms with van der Waals surface area (Å²) >= 11 is 6.28. The number of piperidine rings is 1. The maximum atomic E-state index is 13.8. The summed E-state index contributed by atoms with van der Waals surface area (Å²) in [5.74, 6) is 0. The van der Waals surface area contributed by atoms with Crippen LogP contribution < -0.4 is 10.9 Å². The zero-order valence-electron chi connectivity index (χ0n) is 22.9. The average molecular weight is 545 g/mol. The minimum Gasteiger partial charge on any atom is -0.377 e. The first-order valence-electron chi connectivity index (χ1n) is 13.3. The van der Waals surface area contributed by atoms with Crippen molar-refractivity contribution in [2.45, 2.75) is 38.8 Å². The number of halogens is 1. The molecule has 202 valence electrons. The van der Waals surface area contributed by atoms with E-state index in [1.54, 1.807) is 21.5 Å². The van der Waals surface area contributed by atoms with Crippen LogP contribution in [0.2, 0.25) is 5.15 Å². The van der Waals surface area contributed by atoms with Crippen molar-refractivity contribution in [2.75, 3.05) is 25.5 Å². The number of pyridine rings is 2. The normalized spacial score (nSPS) is 17.2. The molecule has 6 rings (SSSR count). The van der Waals surface area contributed by atoms with Gasteiger partial charge in [-0.05, 0) is 69.6 Å². The predicted molar refractivity (Wildman–Crippen MR) is 156 cm³/mol. The molecule has 1 aliphatic heterocycles. The first kappa shape index (κ1) is 25.6. The van der Waals surface area contributed by atoms with Crippen molar-refractivity contribution in [1.82, 2.24) is 34.0 Å². The van der Waals surface area contributed by atoms with Crippen LogP contribution in [0.5, 0.6) is 0 Å². The molecule has 10 heteroatoms. The molecular formula is C29H33ClN8O. The lowest BCUT2D eigenvalue weighted by Crippen LogP contribution is -2.34. The van der Waals surface area contributed by atoms with Gasteiger partial charge in [-0.2, -0.15) is 10.2 Å². The fourth-order valence-electron chi connectivity index (χ4n) is 6.00. The van der Waals surface area contributed by atoms with Crippen molar-refractivity contribution in [3.05, 3.63) is 69.5 Å². The van der Waals surface area contributed by atoms with E-state index in [-0.39, 0.29) is 17.6 Å². The van der Waals surface area contributed by atoms with Crippen LogP contribution in [-0.2, 0) is 14.1 Å². The van der Waals surface area contributed by atoms with Gasteiger partial charge >= 0.3 is 0 Å². The van der Waals surface area contributed by atoms with E-state index >= 15 is 0 Å². The Balaban J connectivity index is 1.50. The molecule has 0 bridgehead atoms. The van der Waals surface area contributed by atoms with Gasteiger partial charge in [-0.15, -0.1) is 0 Å². The van der Waals surface area contributed by atoms with Crippen molar-refractivity contribution in [3.8, 4) is 11.3 Å². The fourth-order valence-corrected chi connectivity index (χ4v) is 6.15. The highest BCUT2D eigenvalue weighted by Crippen LogP contribution is 2.36. The molecule has 2 unspecified atom stereocenters. The Morgan fingerprint density at radius 3 is 2.67 bits per heavy atom. The molecule has 1 aliphatic rings. The number of nitrogens with one attached hydrogen (secondary N) is 1. The van der Waals surface area contributed by atoms with Crippen molar-refractivity contribution >= 4 is 39.1 Å². The number of benzene rings is 1. The van der Waals surface area contributed by atoms with Crippen LogP contribution in [0.4, 0.5) is 5.69 Å². The van der Waals surface area contributed by atoms with Crippen molar-refractivity contribution in [2.24, 2.45) is 14.1 Å². The van der Waals surface area contributed by atoms with Gasteiger partial charge in [0, 0.05) is 54.6 Å². The number of nitrogens with zero attached hydrogens (tertiary/aromatic N) is 7. The zero-order chi connectivity index (χ0) is 27.4. The zero-order valence-corrected chi connectivity index (χ0v) is 23.7. The fraction of sp³-hybridized carbons (Fsp3) is 0.379. The monoisotopic (exact) mass is 544 g/mol. The van der Waals surface area contributed by atoms with Gasteiger partial charge in [0.25, 0.3) is 5.56 Å². The van der Waals surface area contributed by atoms with Crippen LogP contribution in [0.15, 0.2) is 47.7 Å².